The van der Waals surface area contributed by atoms with Crippen LogP contribution < -0.4 is 5.32 Å². The number of carboxylic acids is 1. The Bertz CT molecular complexity index is 641. The number of nitrogens with one attached hydrogen (secondary N) is 1. The molecule has 2 N–H and O–H groups in total. The Morgan fingerprint density at radius 1 is 1.26 bits per heavy atom. The summed E-state index contributed by atoms with van der Waals surface area (Å²) in [5.41, 5.74) is 1.93. The van der Waals surface area contributed by atoms with E-state index in [-0.39, 0.29) is 16.9 Å². The van der Waals surface area contributed by atoms with Gasteiger partial charge < -0.3 is 10.4 Å². The van der Waals surface area contributed by atoms with Gasteiger partial charge in [0.25, 0.3) is 0 Å². The standard InChI is InChI=1S/C14H13FN2O2/c1-8-3-4-12(11(15)5-8)17-13-7-16-9(2)6-10(13)14(18)19/h3-7,17H,1-2H3,(H,18,19). The maximum Gasteiger partial charge on any atom is 0.337 e. The molecule has 1 aromatic carbocycles. The van der Waals surface area contributed by atoms with Gasteiger partial charge in [0.05, 0.1) is 23.1 Å². The van der Waals surface area contributed by atoms with E-state index < -0.39 is 11.8 Å². The SMILES string of the molecule is Cc1ccc(Nc2cnc(C)cc2C(=O)O)c(F)c1. The Kier molecular flexibility index (Phi) is 3.46. The summed E-state index contributed by atoms with van der Waals surface area (Å²) in [4.78, 5) is 15.2. The van der Waals surface area contributed by atoms with E-state index in [0.29, 0.717) is 5.69 Å². The Labute approximate surface area is 109 Å². The number of aromatic nitrogens is 1. The van der Waals surface area contributed by atoms with Crippen LogP contribution in [0.15, 0.2) is 30.5 Å². The maximum atomic E-state index is 13.7. The van der Waals surface area contributed by atoms with Gasteiger partial charge in [-0.15, -0.1) is 0 Å². The van der Waals surface area contributed by atoms with Gasteiger partial charge in [0.1, 0.15) is 5.82 Å². The van der Waals surface area contributed by atoms with Gasteiger partial charge in [0.15, 0.2) is 0 Å². The lowest BCUT2D eigenvalue weighted by atomic mass is 10.1. The largest absolute Gasteiger partial charge is 0.478 e. The predicted octanol–water partition coefficient (Wildman–Crippen LogP) is 3.28. The average molecular weight is 260 g/mol. The fourth-order valence-electron chi connectivity index (χ4n) is 1.70. The van der Waals surface area contributed by atoms with Crippen molar-refractivity contribution in [1.29, 1.82) is 0 Å². The summed E-state index contributed by atoms with van der Waals surface area (Å²) in [5.74, 6) is -1.52. The summed E-state index contributed by atoms with van der Waals surface area (Å²) in [6.45, 7) is 3.48. The number of benzene rings is 1. The fraction of sp³-hybridized carbons (Fsp3) is 0.143. The Morgan fingerprint density at radius 2 is 2.00 bits per heavy atom. The van der Waals surface area contributed by atoms with E-state index >= 15 is 0 Å². The lowest BCUT2D eigenvalue weighted by molar-refractivity contribution is 0.0697. The van der Waals surface area contributed by atoms with E-state index in [4.69, 9.17) is 5.11 Å². The van der Waals surface area contributed by atoms with Crippen LogP contribution >= 0.6 is 0 Å². The zero-order valence-electron chi connectivity index (χ0n) is 10.6. The van der Waals surface area contributed by atoms with Crippen LogP contribution in [0, 0.1) is 19.7 Å². The number of halogens is 1. The van der Waals surface area contributed by atoms with E-state index in [2.05, 4.69) is 10.3 Å². The molecule has 0 atom stereocenters. The molecule has 0 saturated heterocycles. The Balaban J connectivity index is 2.40. The van der Waals surface area contributed by atoms with E-state index in [1.165, 1.54) is 18.3 Å². The molecule has 0 bridgehead atoms. The topological polar surface area (TPSA) is 62.2 Å². The molecule has 0 fully saturated rings. The van der Waals surface area contributed by atoms with E-state index in [9.17, 15) is 9.18 Å². The number of hydrogen-bond donors (Lipinski definition) is 2. The van der Waals surface area contributed by atoms with Crippen LogP contribution in [-0.4, -0.2) is 16.1 Å². The van der Waals surface area contributed by atoms with Gasteiger partial charge in [-0.25, -0.2) is 9.18 Å². The molecule has 0 amide bonds. The number of carboxylic acid groups (broad SMARTS) is 1. The molecule has 1 heterocycles. The first-order chi connectivity index (χ1) is 8.97. The minimum absolute atomic E-state index is 0.0625. The van der Waals surface area contributed by atoms with Crippen molar-refractivity contribution in [3.63, 3.8) is 0 Å². The molecule has 0 radical (unpaired) electrons. The van der Waals surface area contributed by atoms with Crippen LogP contribution in [0.1, 0.15) is 21.6 Å². The summed E-state index contributed by atoms with van der Waals surface area (Å²) in [6, 6.07) is 6.13. The second-order valence-corrected chi connectivity index (χ2v) is 4.28. The third-order valence-electron chi connectivity index (χ3n) is 2.67. The molecular formula is C14H13FN2O2. The Hall–Kier alpha value is -2.43. The molecule has 0 aliphatic heterocycles. The number of pyridine rings is 1. The van der Waals surface area contributed by atoms with Crippen molar-refractivity contribution in [2.45, 2.75) is 13.8 Å². The number of hydrogen-bond acceptors (Lipinski definition) is 3. The number of carbonyl (C=O) groups is 1. The first-order valence-electron chi connectivity index (χ1n) is 5.70. The molecule has 0 aliphatic carbocycles. The number of anilines is 2. The van der Waals surface area contributed by atoms with Crippen molar-refractivity contribution >= 4 is 17.3 Å². The number of aryl methyl sites for hydroxylation is 2. The van der Waals surface area contributed by atoms with Crippen LogP contribution in [0.25, 0.3) is 0 Å². The first kappa shape index (κ1) is 13.0. The van der Waals surface area contributed by atoms with Gasteiger partial charge in [0, 0.05) is 5.69 Å². The molecule has 0 unspecified atom stereocenters. The number of nitrogens with zero attached hydrogens (tertiary/aromatic N) is 1. The van der Waals surface area contributed by atoms with Crippen molar-refractivity contribution in [2.75, 3.05) is 5.32 Å². The highest BCUT2D eigenvalue weighted by molar-refractivity contribution is 5.95. The van der Waals surface area contributed by atoms with Gasteiger partial charge in [-0.2, -0.15) is 0 Å². The smallest absolute Gasteiger partial charge is 0.337 e. The van der Waals surface area contributed by atoms with Gasteiger partial charge in [0.2, 0.25) is 0 Å². The van der Waals surface area contributed by atoms with E-state index in [0.717, 1.165) is 5.56 Å². The molecule has 19 heavy (non-hydrogen) atoms. The third-order valence-corrected chi connectivity index (χ3v) is 2.67. The van der Waals surface area contributed by atoms with Crippen LogP contribution in [-0.2, 0) is 0 Å². The summed E-state index contributed by atoms with van der Waals surface area (Å²) >= 11 is 0. The number of aromatic carboxylic acids is 1. The quantitative estimate of drug-likeness (QED) is 0.889. The zero-order chi connectivity index (χ0) is 14.0. The second-order valence-electron chi connectivity index (χ2n) is 4.28. The van der Waals surface area contributed by atoms with Crippen molar-refractivity contribution < 1.29 is 14.3 Å². The first-order valence-corrected chi connectivity index (χ1v) is 5.70. The molecule has 2 aromatic rings. The molecule has 98 valence electrons. The highest BCUT2D eigenvalue weighted by Gasteiger charge is 2.12. The van der Waals surface area contributed by atoms with E-state index in [1.54, 1.807) is 26.0 Å². The van der Waals surface area contributed by atoms with E-state index in [1.807, 2.05) is 0 Å². The highest BCUT2D eigenvalue weighted by Crippen LogP contribution is 2.23. The van der Waals surface area contributed by atoms with Crippen molar-refractivity contribution in [3.8, 4) is 0 Å². The summed E-state index contributed by atoms with van der Waals surface area (Å²) in [7, 11) is 0. The second kappa shape index (κ2) is 5.06. The molecule has 0 saturated carbocycles. The average Bonchev–Trinajstić information content (AvgIpc) is 2.34. The molecule has 4 nitrogen and oxygen atoms in total. The lowest BCUT2D eigenvalue weighted by Crippen LogP contribution is -2.05. The van der Waals surface area contributed by atoms with Crippen molar-refractivity contribution in [3.05, 3.63) is 53.1 Å². The molecular weight excluding hydrogens is 247 g/mol. The molecule has 2 rings (SSSR count). The molecule has 0 aliphatic rings. The molecule has 0 spiro atoms. The molecule has 5 heteroatoms. The van der Waals surface area contributed by atoms with Crippen molar-refractivity contribution in [2.24, 2.45) is 0 Å². The lowest BCUT2D eigenvalue weighted by Gasteiger charge is -2.11. The van der Waals surface area contributed by atoms with Gasteiger partial charge >= 0.3 is 5.97 Å². The van der Waals surface area contributed by atoms with Crippen LogP contribution in [0.2, 0.25) is 0 Å². The predicted molar refractivity (Wildman–Crippen MR) is 70.4 cm³/mol. The third kappa shape index (κ3) is 2.88. The Morgan fingerprint density at radius 3 is 2.63 bits per heavy atom. The van der Waals surface area contributed by atoms with Gasteiger partial charge in [-0.1, -0.05) is 6.07 Å². The number of rotatable bonds is 3. The van der Waals surface area contributed by atoms with Crippen molar-refractivity contribution in [1.82, 2.24) is 4.98 Å². The normalized spacial score (nSPS) is 10.3. The zero-order valence-corrected chi connectivity index (χ0v) is 10.6. The minimum atomic E-state index is -1.08. The fourth-order valence-corrected chi connectivity index (χ4v) is 1.70. The summed E-state index contributed by atoms with van der Waals surface area (Å²) < 4.78 is 13.7. The minimum Gasteiger partial charge on any atom is -0.478 e. The van der Waals surface area contributed by atoms with Gasteiger partial charge in [-0.3, -0.25) is 4.98 Å². The maximum absolute atomic E-state index is 13.7. The summed E-state index contributed by atoms with van der Waals surface area (Å²) in [5, 5.41) is 11.9. The molecule has 1 aromatic heterocycles. The summed E-state index contributed by atoms with van der Waals surface area (Å²) in [6.07, 6.45) is 1.39. The van der Waals surface area contributed by atoms with Gasteiger partial charge in [-0.05, 0) is 37.6 Å². The highest BCUT2D eigenvalue weighted by atomic mass is 19.1. The van der Waals surface area contributed by atoms with Crippen LogP contribution in [0.4, 0.5) is 15.8 Å². The van der Waals surface area contributed by atoms with Crippen LogP contribution in [0.5, 0.6) is 0 Å². The monoisotopic (exact) mass is 260 g/mol. The van der Waals surface area contributed by atoms with Crippen LogP contribution in [0.3, 0.4) is 0 Å².